The molecule has 0 unspecified atom stereocenters. The number of rotatable bonds is 5. The summed E-state index contributed by atoms with van der Waals surface area (Å²) in [5.41, 5.74) is 8.07. The molecule has 0 aliphatic rings. The predicted molar refractivity (Wildman–Crippen MR) is 236 cm³/mol. The molecule has 0 spiro atoms. The Bertz CT molecular complexity index is 3540. The Labute approximate surface area is 333 Å². The van der Waals surface area contributed by atoms with Gasteiger partial charge in [0.15, 0.2) is 23.3 Å². The molecule has 0 radical (unpaired) electrons. The van der Waals surface area contributed by atoms with Crippen LogP contribution in [0.25, 0.3) is 119 Å². The highest BCUT2D eigenvalue weighted by Crippen LogP contribution is 2.43. The summed E-state index contributed by atoms with van der Waals surface area (Å²) in [6, 6.07) is 56.2. The zero-order valence-corrected chi connectivity index (χ0v) is 31.7. The summed E-state index contributed by atoms with van der Waals surface area (Å²) in [6.45, 7) is 0. The van der Waals surface area contributed by atoms with Gasteiger partial charge >= 0.3 is 0 Å². The van der Waals surface area contributed by atoms with Crippen molar-refractivity contribution in [2.24, 2.45) is 0 Å². The van der Waals surface area contributed by atoms with Crippen molar-refractivity contribution in [1.29, 1.82) is 0 Å². The number of hydrogen-bond acceptors (Lipinski definition) is 8. The van der Waals surface area contributed by atoms with E-state index in [9.17, 15) is 0 Å². The minimum absolute atomic E-state index is 0.582. The summed E-state index contributed by atoms with van der Waals surface area (Å²) in [4.78, 5) is 25.9. The zero-order valence-electron chi connectivity index (χ0n) is 30.0. The van der Waals surface area contributed by atoms with Crippen LogP contribution >= 0.6 is 22.7 Å². The fourth-order valence-electron chi connectivity index (χ4n) is 7.96. The van der Waals surface area contributed by atoms with E-state index in [4.69, 9.17) is 29.3 Å². The Morgan fingerprint density at radius 1 is 0.368 bits per heavy atom. The fourth-order valence-corrected chi connectivity index (χ4v) is 10.2. The van der Waals surface area contributed by atoms with Crippen LogP contribution in [0.2, 0.25) is 0 Å². The van der Waals surface area contributed by atoms with E-state index in [2.05, 4.69) is 115 Å². The zero-order chi connectivity index (χ0) is 37.5. The van der Waals surface area contributed by atoms with Crippen molar-refractivity contribution in [3.63, 3.8) is 0 Å². The van der Waals surface area contributed by atoms with Crippen LogP contribution in [0.5, 0.6) is 0 Å². The van der Waals surface area contributed by atoms with E-state index < -0.39 is 0 Å². The molecule has 12 aromatic rings. The normalized spacial score (nSPS) is 11.9. The van der Waals surface area contributed by atoms with Crippen LogP contribution in [0.15, 0.2) is 168 Å². The number of benzene rings is 7. The molecule has 0 atom stereocenters. The quantitative estimate of drug-likeness (QED) is 0.174. The van der Waals surface area contributed by atoms with Crippen molar-refractivity contribution >= 4 is 85.1 Å². The molecular formula is C49H27N5OS2. The number of thiophene rings is 2. The molecule has 5 heterocycles. The standard InChI is InChI=1S/C49H27N5OS2/c1-3-13-28(14-4-1)43-45-44(33-18-8-10-23-39(33)57-45)51-47(50-43)30-25-26-31-37(27-30)55-36-21-11-19-34(41(31)36)48-52-46(29-15-5-2-6-16-29)53-49(54-48)35-20-12-24-40-42(35)32-17-7-9-22-38(32)56-40/h1-27H. The van der Waals surface area contributed by atoms with Gasteiger partial charge in [-0.25, -0.2) is 24.9 Å². The van der Waals surface area contributed by atoms with E-state index in [1.165, 1.54) is 19.5 Å². The van der Waals surface area contributed by atoms with Gasteiger partial charge in [0.05, 0.1) is 15.9 Å². The monoisotopic (exact) mass is 765 g/mol. The van der Waals surface area contributed by atoms with Crippen molar-refractivity contribution in [3.05, 3.63) is 164 Å². The van der Waals surface area contributed by atoms with E-state index >= 15 is 0 Å². The molecule has 57 heavy (non-hydrogen) atoms. The van der Waals surface area contributed by atoms with Gasteiger partial charge in [-0.05, 0) is 36.4 Å². The topological polar surface area (TPSA) is 77.6 Å². The molecular weight excluding hydrogens is 739 g/mol. The lowest BCUT2D eigenvalue weighted by molar-refractivity contribution is 0.669. The Morgan fingerprint density at radius 2 is 0.982 bits per heavy atom. The van der Waals surface area contributed by atoms with Gasteiger partial charge in [-0.1, -0.05) is 127 Å². The summed E-state index contributed by atoms with van der Waals surface area (Å²) in [6.07, 6.45) is 0. The summed E-state index contributed by atoms with van der Waals surface area (Å²) in [7, 11) is 0. The largest absolute Gasteiger partial charge is 0.456 e. The number of furan rings is 1. The Hall–Kier alpha value is -7.13. The Morgan fingerprint density at radius 3 is 1.77 bits per heavy atom. The first-order valence-electron chi connectivity index (χ1n) is 18.7. The molecule has 0 saturated heterocycles. The Kier molecular flexibility index (Phi) is 7.17. The molecule has 0 aliphatic heterocycles. The highest BCUT2D eigenvalue weighted by atomic mass is 32.1. The summed E-state index contributed by atoms with van der Waals surface area (Å²) < 4.78 is 11.3. The van der Waals surface area contributed by atoms with E-state index in [1.807, 2.05) is 48.5 Å². The summed E-state index contributed by atoms with van der Waals surface area (Å²) >= 11 is 3.52. The van der Waals surface area contributed by atoms with Crippen molar-refractivity contribution in [1.82, 2.24) is 24.9 Å². The smallest absolute Gasteiger partial charge is 0.164 e. The van der Waals surface area contributed by atoms with Crippen LogP contribution in [-0.4, -0.2) is 24.9 Å². The number of hydrogen-bond donors (Lipinski definition) is 0. The fraction of sp³-hybridized carbons (Fsp3) is 0. The maximum absolute atomic E-state index is 6.64. The van der Waals surface area contributed by atoms with Crippen LogP contribution < -0.4 is 0 Å². The maximum atomic E-state index is 6.64. The van der Waals surface area contributed by atoms with E-state index in [0.29, 0.717) is 23.3 Å². The predicted octanol–water partition coefficient (Wildman–Crippen LogP) is 13.6. The molecule has 0 fully saturated rings. The van der Waals surface area contributed by atoms with Crippen molar-refractivity contribution < 1.29 is 4.42 Å². The average molecular weight is 766 g/mol. The van der Waals surface area contributed by atoms with Gasteiger partial charge in [-0.2, -0.15) is 0 Å². The molecule has 266 valence electrons. The lowest BCUT2D eigenvalue weighted by Crippen LogP contribution is -2.00. The second kappa shape index (κ2) is 12.7. The van der Waals surface area contributed by atoms with Gasteiger partial charge in [-0.15, -0.1) is 22.7 Å². The lowest BCUT2D eigenvalue weighted by atomic mass is 10.0. The first kappa shape index (κ1) is 32.1. The van der Waals surface area contributed by atoms with E-state index in [-0.39, 0.29) is 0 Å². The molecule has 12 rings (SSSR count). The van der Waals surface area contributed by atoms with Gasteiger partial charge in [0, 0.05) is 68.8 Å². The van der Waals surface area contributed by atoms with Gasteiger partial charge in [-0.3, -0.25) is 0 Å². The Balaban J connectivity index is 1.05. The average Bonchev–Trinajstić information content (AvgIpc) is 3.97. The summed E-state index contributed by atoms with van der Waals surface area (Å²) in [5, 5.41) is 5.38. The van der Waals surface area contributed by atoms with Crippen LogP contribution in [-0.2, 0) is 0 Å². The van der Waals surface area contributed by atoms with Crippen molar-refractivity contribution in [3.8, 4) is 56.8 Å². The molecule has 7 aromatic carbocycles. The van der Waals surface area contributed by atoms with Crippen LogP contribution in [0.3, 0.4) is 0 Å². The minimum Gasteiger partial charge on any atom is -0.456 e. The second-order valence-electron chi connectivity index (χ2n) is 14.0. The number of nitrogens with zero attached hydrogens (tertiary/aromatic N) is 5. The highest BCUT2D eigenvalue weighted by molar-refractivity contribution is 7.26. The highest BCUT2D eigenvalue weighted by Gasteiger charge is 2.21. The van der Waals surface area contributed by atoms with Gasteiger partial charge in [0.25, 0.3) is 0 Å². The molecule has 0 amide bonds. The summed E-state index contributed by atoms with van der Waals surface area (Å²) in [5.74, 6) is 2.47. The number of fused-ring (bicyclic) bond motifs is 9. The van der Waals surface area contributed by atoms with E-state index in [0.717, 1.165) is 76.4 Å². The molecule has 6 nitrogen and oxygen atoms in total. The first-order valence-corrected chi connectivity index (χ1v) is 20.3. The lowest BCUT2D eigenvalue weighted by Gasteiger charge is -2.10. The van der Waals surface area contributed by atoms with Crippen molar-refractivity contribution in [2.45, 2.75) is 0 Å². The second-order valence-corrected chi connectivity index (χ2v) is 16.1. The van der Waals surface area contributed by atoms with Crippen LogP contribution in [0.4, 0.5) is 0 Å². The SMILES string of the molecule is c1ccc(-c2nc(-c3cccc4oc5cc(-c6nc(-c7ccccc7)c7sc8ccccc8c7n6)ccc5c34)nc(-c3cccc4sc5ccccc5c34)n2)cc1. The molecule has 0 saturated carbocycles. The minimum atomic E-state index is 0.582. The molecule has 0 bridgehead atoms. The molecule has 0 N–H and O–H groups in total. The van der Waals surface area contributed by atoms with Gasteiger partial charge in [0.2, 0.25) is 0 Å². The first-order chi connectivity index (χ1) is 28.2. The molecule has 8 heteroatoms. The van der Waals surface area contributed by atoms with E-state index in [1.54, 1.807) is 22.7 Å². The van der Waals surface area contributed by atoms with Crippen LogP contribution in [0.1, 0.15) is 0 Å². The van der Waals surface area contributed by atoms with Crippen LogP contribution in [0, 0.1) is 0 Å². The number of aromatic nitrogens is 5. The third-order valence-corrected chi connectivity index (χ3v) is 12.9. The third kappa shape index (κ3) is 5.19. The maximum Gasteiger partial charge on any atom is 0.164 e. The van der Waals surface area contributed by atoms with Gasteiger partial charge < -0.3 is 4.42 Å². The third-order valence-electron chi connectivity index (χ3n) is 10.6. The molecule has 5 aromatic heterocycles. The van der Waals surface area contributed by atoms with Gasteiger partial charge in [0.1, 0.15) is 11.2 Å². The molecule has 0 aliphatic carbocycles. The van der Waals surface area contributed by atoms with Crippen molar-refractivity contribution in [2.75, 3.05) is 0 Å².